The number of hydrogen-bond donors (Lipinski definition) is 1. The van der Waals surface area contributed by atoms with E-state index in [4.69, 9.17) is 0 Å². The molecule has 0 radical (unpaired) electrons. The van der Waals surface area contributed by atoms with Gasteiger partial charge in [0.25, 0.3) is 5.56 Å². The zero-order chi connectivity index (χ0) is 11.4. The summed E-state index contributed by atoms with van der Waals surface area (Å²) in [5.74, 6) is 0.607. The Morgan fingerprint density at radius 3 is 2.33 bits per heavy atom. The van der Waals surface area contributed by atoms with Crippen LogP contribution in [-0.2, 0) is 0 Å². The highest BCUT2D eigenvalue weighted by molar-refractivity contribution is 5.09. The lowest BCUT2D eigenvalue weighted by Crippen LogP contribution is -2.19. The van der Waals surface area contributed by atoms with Crippen molar-refractivity contribution in [3.63, 3.8) is 0 Å². The second kappa shape index (κ2) is 5.10. The van der Waals surface area contributed by atoms with Crippen molar-refractivity contribution in [3.05, 3.63) is 27.9 Å². The average molecular weight is 208 g/mol. The van der Waals surface area contributed by atoms with Crippen molar-refractivity contribution in [1.82, 2.24) is 9.97 Å². The van der Waals surface area contributed by atoms with Crippen LogP contribution in [0.15, 0.2) is 11.0 Å². The number of rotatable bonds is 4. The van der Waals surface area contributed by atoms with Crippen LogP contribution >= 0.6 is 0 Å². The van der Waals surface area contributed by atoms with Crippen molar-refractivity contribution in [1.29, 1.82) is 0 Å². The molecule has 0 aliphatic rings. The fourth-order valence-electron chi connectivity index (χ4n) is 1.44. The van der Waals surface area contributed by atoms with Crippen LogP contribution in [0.3, 0.4) is 0 Å². The predicted molar refractivity (Wildman–Crippen MR) is 62.3 cm³/mol. The van der Waals surface area contributed by atoms with E-state index in [2.05, 4.69) is 30.7 Å². The van der Waals surface area contributed by atoms with Gasteiger partial charge in [-0.15, -0.1) is 0 Å². The molecule has 2 atom stereocenters. The molecule has 1 heterocycles. The summed E-state index contributed by atoms with van der Waals surface area (Å²) in [5.41, 5.74) is 1.57. The summed E-state index contributed by atoms with van der Waals surface area (Å²) >= 11 is 0. The summed E-state index contributed by atoms with van der Waals surface area (Å²) in [5, 5.41) is 0. The van der Waals surface area contributed by atoms with Gasteiger partial charge in [-0.25, -0.2) is 0 Å². The molecule has 1 aromatic rings. The molecule has 0 fully saturated rings. The Kier molecular flexibility index (Phi) is 4.06. The fourth-order valence-corrected chi connectivity index (χ4v) is 1.44. The van der Waals surface area contributed by atoms with Gasteiger partial charge in [0.1, 0.15) is 5.69 Å². The number of hydrogen-bond acceptors (Lipinski definition) is 2. The maximum Gasteiger partial charge on any atom is 0.270 e. The van der Waals surface area contributed by atoms with E-state index in [-0.39, 0.29) is 11.5 Å². The molecule has 0 aromatic carbocycles. The van der Waals surface area contributed by atoms with Gasteiger partial charge in [-0.3, -0.25) is 9.78 Å². The molecule has 0 saturated carbocycles. The number of aromatic amines is 1. The molecule has 0 aliphatic heterocycles. The first-order valence-corrected chi connectivity index (χ1v) is 5.69. The van der Waals surface area contributed by atoms with Crippen LogP contribution in [0, 0.1) is 0 Å². The third-order valence-corrected chi connectivity index (χ3v) is 3.06. The minimum absolute atomic E-state index is 0.0258. The van der Waals surface area contributed by atoms with Gasteiger partial charge in [0, 0.05) is 17.8 Å². The lowest BCUT2D eigenvalue weighted by atomic mass is 10.0. The minimum atomic E-state index is -0.0258. The van der Waals surface area contributed by atoms with Crippen molar-refractivity contribution in [2.24, 2.45) is 0 Å². The first-order chi connectivity index (χ1) is 7.10. The predicted octanol–water partition coefficient (Wildman–Crippen LogP) is 2.80. The number of nitrogens with one attached hydrogen (secondary N) is 1. The lowest BCUT2D eigenvalue weighted by Gasteiger charge is -2.11. The topological polar surface area (TPSA) is 45.8 Å². The fraction of sp³-hybridized carbons (Fsp3) is 0.667. The van der Waals surface area contributed by atoms with Crippen LogP contribution in [0.5, 0.6) is 0 Å². The van der Waals surface area contributed by atoms with E-state index in [1.54, 1.807) is 6.20 Å². The maximum atomic E-state index is 11.7. The van der Waals surface area contributed by atoms with Crippen LogP contribution in [0.4, 0.5) is 0 Å². The van der Waals surface area contributed by atoms with Gasteiger partial charge in [-0.05, 0) is 18.8 Å². The summed E-state index contributed by atoms with van der Waals surface area (Å²) in [7, 11) is 0. The van der Waals surface area contributed by atoms with E-state index in [0.29, 0.717) is 11.6 Å². The van der Waals surface area contributed by atoms with Gasteiger partial charge >= 0.3 is 0 Å². The van der Waals surface area contributed by atoms with Crippen molar-refractivity contribution in [2.75, 3.05) is 0 Å². The summed E-state index contributed by atoms with van der Waals surface area (Å²) in [6, 6.07) is 0. The smallest absolute Gasteiger partial charge is 0.270 e. The monoisotopic (exact) mass is 208 g/mol. The number of nitrogens with zero attached hydrogens (tertiary/aromatic N) is 1. The highest BCUT2D eigenvalue weighted by Crippen LogP contribution is 2.16. The standard InChI is InChI=1S/C12H20N2O/c1-5-8(3)10-7-13-11(9(4)6-2)12(15)14-10/h7-9H,5-6H2,1-4H3,(H,14,15). The molecule has 2 unspecified atom stereocenters. The average Bonchev–Trinajstić information content (AvgIpc) is 2.26. The normalized spacial score (nSPS) is 14.9. The minimum Gasteiger partial charge on any atom is -0.323 e. The van der Waals surface area contributed by atoms with Gasteiger partial charge in [0.15, 0.2) is 0 Å². The van der Waals surface area contributed by atoms with Crippen LogP contribution in [-0.4, -0.2) is 9.97 Å². The molecule has 0 amide bonds. The summed E-state index contributed by atoms with van der Waals surface area (Å²) in [4.78, 5) is 18.9. The van der Waals surface area contributed by atoms with Crippen LogP contribution < -0.4 is 5.56 Å². The Morgan fingerprint density at radius 1 is 1.27 bits per heavy atom. The molecule has 0 bridgehead atoms. The SMILES string of the molecule is CCC(C)c1cnc(C(C)CC)c(=O)[nH]1. The van der Waals surface area contributed by atoms with Crippen molar-refractivity contribution < 1.29 is 0 Å². The first kappa shape index (κ1) is 12.0. The van der Waals surface area contributed by atoms with Crippen molar-refractivity contribution in [2.45, 2.75) is 52.4 Å². The molecule has 84 valence electrons. The Morgan fingerprint density at radius 2 is 1.87 bits per heavy atom. The highest BCUT2D eigenvalue weighted by Gasteiger charge is 2.11. The molecular weight excluding hydrogens is 188 g/mol. The van der Waals surface area contributed by atoms with Crippen LogP contribution in [0.25, 0.3) is 0 Å². The van der Waals surface area contributed by atoms with E-state index >= 15 is 0 Å². The van der Waals surface area contributed by atoms with Gasteiger partial charge in [-0.2, -0.15) is 0 Å². The molecule has 1 aromatic heterocycles. The van der Waals surface area contributed by atoms with Crippen molar-refractivity contribution >= 4 is 0 Å². The van der Waals surface area contributed by atoms with E-state index in [9.17, 15) is 4.79 Å². The van der Waals surface area contributed by atoms with E-state index in [0.717, 1.165) is 18.5 Å². The third-order valence-electron chi connectivity index (χ3n) is 3.06. The number of aromatic nitrogens is 2. The molecule has 1 N–H and O–H groups in total. The second-order valence-corrected chi connectivity index (χ2v) is 4.17. The molecule has 3 nitrogen and oxygen atoms in total. The Labute approximate surface area is 91.0 Å². The summed E-state index contributed by atoms with van der Waals surface area (Å²) in [6.07, 6.45) is 3.76. The van der Waals surface area contributed by atoms with Crippen LogP contribution in [0.1, 0.15) is 63.8 Å². The van der Waals surface area contributed by atoms with Gasteiger partial charge in [-0.1, -0.05) is 27.7 Å². The Bertz CT molecular complexity index is 370. The van der Waals surface area contributed by atoms with E-state index in [1.807, 2.05) is 6.92 Å². The van der Waals surface area contributed by atoms with Gasteiger partial charge in [0.2, 0.25) is 0 Å². The van der Waals surface area contributed by atoms with Crippen molar-refractivity contribution in [3.8, 4) is 0 Å². The Balaban J connectivity index is 3.03. The molecule has 3 heteroatoms. The summed E-state index contributed by atoms with van der Waals surface area (Å²) < 4.78 is 0. The number of H-pyrrole nitrogens is 1. The van der Waals surface area contributed by atoms with E-state index in [1.165, 1.54) is 0 Å². The summed E-state index contributed by atoms with van der Waals surface area (Å²) in [6.45, 7) is 8.29. The zero-order valence-electron chi connectivity index (χ0n) is 10.0. The maximum absolute atomic E-state index is 11.7. The van der Waals surface area contributed by atoms with Crippen LogP contribution in [0.2, 0.25) is 0 Å². The quantitative estimate of drug-likeness (QED) is 0.827. The third kappa shape index (κ3) is 2.67. The molecule has 0 aliphatic carbocycles. The second-order valence-electron chi connectivity index (χ2n) is 4.17. The Hall–Kier alpha value is -1.12. The lowest BCUT2D eigenvalue weighted by molar-refractivity contribution is 0.662. The highest BCUT2D eigenvalue weighted by atomic mass is 16.1. The zero-order valence-corrected chi connectivity index (χ0v) is 10.0. The molecule has 1 rings (SSSR count). The molecule has 15 heavy (non-hydrogen) atoms. The first-order valence-electron chi connectivity index (χ1n) is 5.69. The molecular formula is C12H20N2O. The largest absolute Gasteiger partial charge is 0.323 e. The molecule has 0 saturated heterocycles. The van der Waals surface area contributed by atoms with Gasteiger partial charge < -0.3 is 4.98 Å². The molecule has 0 spiro atoms. The van der Waals surface area contributed by atoms with Gasteiger partial charge in [0.05, 0.1) is 0 Å². The van der Waals surface area contributed by atoms with E-state index < -0.39 is 0 Å².